The largest absolute Gasteiger partial charge is 0.369 e. The van der Waals surface area contributed by atoms with E-state index in [9.17, 15) is 9.59 Å². The quantitative estimate of drug-likeness (QED) is 0.892. The van der Waals surface area contributed by atoms with E-state index in [0.717, 1.165) is 18.4 Å². The molecule has 2 N–H and O–H groups in total. The second-order valence-electron chi connectivity index (χ2n) is 6.45. The number of aromatic nitrogens is 2. The summed E-state index contributed by atoms with van der Waals surface area (Å²) in [5.41, 5.74) is 6.26. The van der Waals surface area contributed by atoms with E-state index < -0.39 is 0 Å². The molecule has 2 aromatic rings. The minimum absolute atomic E-state index is 0.0158. The average molecular weight is 342 g/mol. The van der Waals surface area contributed by atoms with E-state index in [1.54, 1.807) is 4.90 Å². The summed E-state index contributed by atoms with van der Waals surface area (Å²) >= 11 is 0. The molecule has 3 rings (SSSR count). The molecule has 7 nitrogen and oxygen atoms in total. The number of rotatable bonds is 5. The van der Waals surface area contributed by atoms with Gasteiger partial charge in [-0.15, -0.1) is 0 Å². The van der Waals surface area contributed by atoms with Crippen LogP contribution >= 0.6 is 0 Å². The van der Waals surface area contributed by atoms with Gasteiger partial charge in [0.1, 0.15) is 0 Å². The van der Waals surface area contributed by atoms with Crippen LogP contribution in [0.2, 0.25) is 0 Å². The maximum absolute atomic E-state index is 12.5. The smallest absolute Gasteiger partial charge is 0.227 e. The predicted molar refractivity (Wildman–Crippen MR) is 91.1 cm³/mol. The van der Waals surface area contributed by atoms with Gasteiger partial charge < -0.3 is 15.2 Å². The van der Waals surface area contributed by atoms with Gasteiger partial charge >= 0.3 is 0 Å². The Morgan fingerprint density at radius 3 is 2.76 bits per heavy atom. The summed E-state index contributed by atoms with van der Waals surface area (Å²) in [4.78, 5) is 30.0. The number of hydrogen-bond donors (Lipinski definition) is 1. The Balaban J connectivity index is 1.59. The van der Waals surface area contributed by atoms with Gasteiger partial charge in [0, 0.05) is 31.0 Å². The lowest BCUT2D eigenvalue weighted by molar-refractivity contribution is -0.137. The van der Waals surface area contributed by atoms with Crippen molar-refractivity contribution >= 4 is 11.8 Å². The second-order valence-corrected chi connectivity index (χ2v) is 6.45. The van der Waals surface area contributed by atoms with E-state index in [1.807, 2.05) is 37.3 Å². The molecule has 1 aromatic heterocycles. The molecular weight excluding hydrogens is 320 g/mol. The molecular formula is C18H22N4O3. The highest BCUT2D eigenvalue weighted by Gasteiger charge is 2.31. The van der Waals surface area contributed by atoms with Crippen molar-refractivity contribution in [1.29, 1.82) is 0 Å². The average Bonchev–Trinajstić information content (AvgIpc) is 3.09. The summed E-state index contributed by atoms with van der Waals surface area (Å²) in [5, 5.41) is 3.95. The first kappa shape index (κ1) is 17.1. The lowest BCUT2D eigenvalue weighted by atomic mass is 9.92. The van der Waals surface area contributed by atoms with E-state index in [0.29, 0.717) is 24.7 Å². The van der Waals surface area contributed by atoms with Crippen LogP contribution in [-0.2, 0) is 16.0 Å². The van der Waals surface area contributed by atoms with Gasteiger partial charge in [-0.1, -0.05) is 35.5 Å². The molecule has 7 heteroatoms. The number of primary amides is 1. The summed E-state index contributed by atoms with van der Waals surface area (Å²) in [6.45, 7) is 2.39. The number of amides is 2. The maximum Gasteiger partial charge on any atom is 0.227 e. The zero-order valence-electron chi connectivity index (χ0n) is 14.2. The zero-order valence-corrected chi connectivity index (χ0v) is 14.2. The molecule has 2 atom stereocenters. The predicted octanol–water partition coefficient (Wildman–Crippen LogP) is 1.78. The van der Waals surface area contributed by atoms with Crippen molar-refractivity contribution in [2.24, 2.45) is 11.7 Å². The van der Waals surface area contributed by atoms with Crippen molar-refractivity contribution in [3.63, 3.8) is 0 Å². The Hall–Kier alpha value is -2.70. The van der Waals surface area contributed by atoms with Crippen molar-refractivity contribution in [1.82, 2.24) is 15.0 Å². The normalized spacial score (nSPS) is 20.4. The number of benzene rings is 1. The molecule has 2 amide bonds. The highest BCUT2D eigenvalue weighted by atomic mass is 16.5. The lowest BCUT2D eigenvalue weighted by Crippen LogP contribution is -2.48. The zero-order chi connectivity index (χ0) is 17.8. The molecule has 1 aliphatic rings. The van der Waals surface area contributed by atoms with Crippen LogP contribution in [0.15, 0.2) is 34.9 Å². The lowest BCUT2D eigenvalue weighted by Gasteiger charge is -2.37. The molecule has 2 heterocycles. The number of nitrogens with two attached hydrogens (primary N) is 1. The number of piperidine rings is 1. The molecule has 0 radical (unpaired) electrons. The summed E-state index contributed by atoms with van der Waals surface area (Å²) in [6.07, 6.45) is 2.18. The van der Waals surface area contributed by atoms with Crippen molar-refractivity contribution in [2.45, 2.75) is 38.6 Å². The fraction of sp³-hybridized carbons (Fsp3) is 0.444. The first-order chi connectivity index (χ1) is 12.0. The Labute approximate surface area is 146 Å². The van der Waals surface area contributed by atoms with Gasteiger partial charge in [0.15, 0.2) is 0 Å². The van der Waals surface area contributed by atoms with Crippen LogP contribution in [0.25, 0.3) is 11.4 Å². The monoisotopic (exact) mass is 342 g/mol. The molecule has 1 saturated heterocycles. The molecule has 132 valence electrons. The molecule has 1 aromatic carbocycles. The Morgan fingerprint density at radius 2 is 2.04 bits per heavy atom. The molecule has 1 aliphatic heterocycles. The van der Waals surface area contributed by atoms with Gasteiger partial charge in [-0.05, 0) is 19.8 Å². The van der Waals surface area contributed by atoms with Crippen molar-refractivity contribution in [2.75, 3.05) is 6.54 Å². The Morgan fingerprint density at radius 1 is 1.28 bits per heavy atom. The summed E-state index contributed by atoms with van der Waals surface area (Å²) < 4.78 is 5.24. The highest BCUT2D eigenvalue weighted by Crippen LogP contribution is 2.23. The van der Waals surface area contributed by atoms with Crippen LogP contribution < -0.4 is 5.73 Å². The number of carbonyl (C=O) groups excluding carboxylic acids is 2. The number of nitrogens with zero attached hydrogens (tertiary/aromatic N) is 3. The van der Waals surface area contributed by atoms with Gasteiger partial charge in [0.05, 0.1) is 5.92 Å². The maximum atomic E-state index is 12.5. The molecule has 0 bridgehead atoms. The Bertz CT molecular complexity index is 744. The van der Waals surface area contributed by atoms with Gasteiger partial charge in [-0.3, -0.25) is 9.59 Å². The topological polar surface area (TPSA) is 102 Å². The fourth-order valence-corrected chi connectivity index (χ4v) is 3.11. The summed E-state index contributed by atoms with van der Waals surface area (Å²) in [5.74, 6) is 0.340. The van der Waals surface area contributed by atoms with Crippen LogP contribution in [0.3, 0.4) is 0 Å². The minimum atomic E-state index is -0.339. The standard InChI is InChI=1S/C18H22N4O3/c1-12-7-8-14(17(19)24)11-22(12)16(23)10-9-15-20-18(21-25-15)13-5-3-2-4-6-13/h2-6,12,14H,7-11H2,1H3,(H2,19,24). The number of hydrogen-bond acceptors (Lipinski definition) is 5. The molecule has 2 unspecified atom stereocenters. The van der Waals surface area contributed by atoms with E-state index in [1.165, 1.54) is 0 Å². The minimum Gasteiger partial charge on any atom is -0.369 e. The third kappa shape index (κ3) is 4.04. The van der Waals surface area contributed by atoms with Crippen LogP contribution in [-0.4, -0.2) is 39.4 Å². The highest BCUT2D eigenvalue weighted by molar-refractivity contribution is 5.80. The Kier molecular flexibility index (Phi) is 5.11. The first-order valence-electron chi connectivity index (χ1n) is 8.51. The third-order valence-electron chi connectivity index (χ3n) is 4.66. The van der Waals surface area contributed by atoms with Crippen LogP contribution in [0.4, 0.5) is 0 Å². The van der Waals surface area contributed by atoms with Crippen molar-refractivity contribution in [3.8, 4) is 11.4 Å². The van der Waals surface area contributed by atoms with Crippen LogP contribution in [0.1, 0.15) is 32.1 Å². The fourth-order valence-electron chi connectivity index (χ4n) is 3.11. The molecule has 25 heavy (non-hydrogen) atoms. The molecule has 0 spiro atoms. The van der Waals surface area contributed by atoms with Gasteiger partial charge in [0.25, 0.3) is 0 Å². The number of aryl methyl sites for hydroxylation is 1. The van der Waals surface area contributed by atoms with Gasteiger partial charge in [-0.25, -0.2) is 0 Å². The molecule has 0 aliphatic carbocycles. The summed E-state index contributed by atoms with van der Waals surface area (Å²) in [7, 11) is 0. The number of carbonyl (C=O) groups is 2. The van der Waals surface area contributed by atoms with E-state index in [2.05, 4.69) is 10.1 Å². The molecule has 0 saturated carbocycles. The molecule has 1 fully saturated rings. The number of likely N-dealkylation sites (tertiary alicyclic amines) is 1. The SMILES string of the molecule is CC1CCC(C(N)=O)CN1C(=O)CCc1nc(-c2ccccc2)no1. The van der Waals surface area contributed by atoms with Crippen LogP contribution in [0, 0.1) is 5.92 Å². The van der Waals surface area contributed by atoms with E-state index in [4.69, 9.17) is 10.3 Å². The second kappa shape index (κ2) is 7.46. The third-order valence-corrected chi connectivity index (χ3v) is 4.66. The van der Waals surface area contributed by atoms with E-state index in [-0.39, 0.29) is 30.2 Å². The van der Waals surface area contributed by atoms with Crippen LogP contribution in [0.5, 0.6) is 0 Å². The van der Waals surface area contributed by atoms with Gasteiger partial charge in [-0.2, -0.15) is 4.98 Å². The van der Waals surface area contributed by atoms with Crippen molar-refractivity contribution < 1.29 is 14.1 Å². The van der Waals surface area contributed by atoms with Crippen molar-refractivity contribution in [3.05, 3.63) is 36.2 Å². The first-order valence-corrected chi connectivity index (χ1v) is 8.51. The van der Waals surface area contributed by atoms with Gasteiger partial charge in [0.2, 0.25) is 23.5 Å². The van der Waals surface area contributed by atoms with E-state index >= 15 is 0 Å². The summed E-state index contributed by atoms with van der Waals surface area (Å²) in [6, 6.07) is 9.65.